The third-order valence-electron chi connectivity index (χ3n) is 7.54. The van der Waals surface area contributed by atoms with Crippen molar-refractivity contribution in [2.75, 3.05) is 7.11 Å². The van der Waals surface area contributed by atoms with E-state index >= 15 is 0 Å². The predicted molar refractivity (Wildman–Crippen MR) is 141 cm³/mol. The fourth-order valence-electron chi connectivity index (χ4n) is 3.29. The van der Waals surface area contributed by atoms with Gasteiger partial charge in [0.25, 0.3) is 0 Å². The molecule has 1 saturated heterocycles. The monoisotopic (exact) mass is 494 g/mol. The quantitative estimate of drug-likeness (QED) is 0.435. The Bertz CT molecular complexity index is 780. The molecule has 1 aromatic rings. The maximum absolute atomic E-state index is 11.2. The average molecular weight is 495 g/mol. The summed E-state index contributed by atoms with van der Waals surface area (Å²) < 4.78 is 25.7. The number of rotatable bonds is 8. The van der Waals surface area contributed by atoms with Crippen molar-refractivity contribution in [3.63, 3.8) is 0 Å². The maximum atomic E-state index is 11.2. The summed E-state index contributed by atoms with van der Waals surface area (Å²) in [4.78, 5) is 0. The first-order chi connectivity index (χ1) is 15.0. The van der Waals surface area contributed by atoms with E-state index in [2.05, 4.69) is 67.7 Å². The van der Waals surface area contributed by atoms with Crippen LogP contribution in [-0.4, -0.2) is 59.6 Å². The molecule has 1 aliphatic heterocycles. The fraction of sp³-hybridized carbons (Fsp3) is 0.692. The summed E-state index contributed by atoms with van der Waals surface area (Å²) in [5.41, 5.74) is 1.02. The number of aliphatic hydroxyl groups excluding tert-OH is 1. The van der Waals surface area contributed by atoms with Crippen LogP contribution in [0.4, 0.5) is 0 Å². The molecule has 5 atom stereocenters. The number of benzene rings is 1. The van der Waals surface area contributed by atoms with Gasteiger partial charge < -0.3 is 23.4 Å². The molecule has 1 heterocycles. The zero-order chi connectivity index (χ0) is 25.2. The normalized spacial score (nSPS) is 26.2. The Labute approximate surface area is 203 Å². The van der Waals surface area contributed by atoms with E-state index in [4.69, 9.17) is 18.3 Å². The van der Waals surface area contributed by atoms with Gasteiger partial charge in [0.05, 0.1) is 0 Å². The van der Waals surface area contributed by atoms with Crippen LogP contribution in [0.3, 0.4) is 0 Å². The van der Waals surface area contributed by atoms with E-state index in [0.717, 1.165) is 5.56 Å². The Balaban J connectivity index is 2.41. The van der Waals surface area contributed by atoms with Crippen molar-refractivity contribution in [1.29, 1.82) is 0 Å². The van der Waals surface area contributed by atoms with E-state index in [9.17, 15) is 5.11 Å². The number of aliphatic hydroxyl groups is 1. The standard InChI is InChI=1S/C26H46O5Si2/c1-25(2,3)32(8,9)30-22-21(20(27)18-17-19-15-13-12-14-16-19)29-24(28-7)23(22)31-33(10,11)26(4,5)6/h12-18,20-24,27H,1-11H3/b18-17+/t20-,21-,22-,23-,24-/m1/s1. The highest BCUT2D eigenvalue weighted by molar-refractivity contribution is 6.74. The highest BCUT2D eigenvalue weighted by atomic mass is 28.4. The smallest absolute Gasteiger partial charge is 0.192 e. The lowest BCUT2D eigenvalue weighted by molar-refractivity contribution is -0.156. The first-order valence-corrected chi connectivity index (χ1v) is 17.8. The van der Waals surface area contributed by atoms with Gasteiger partial charge in [-0.15, -0.1) is 0 Å². The lowest BCUT2D eigenvalue weighted by Gasteiger charge is -2.44. The Kier molecular flexibility index (Phi) is 8.99. The molecule has 5 nitrogen and oxygen atoms in total. The number of methoxy groups -OCH3 is 1. The van der Waals surface area contributed by atoms with Crippen molar-refractivity contribution in [3.05, 3.63) is 42.0 Å². The van der Waals surface area contributed by atoms with Gasteiger partial charge >= 0.3 is 0 Å². The molecule has 1 fully saturated rings. The van der Waals surface area contributed by atoms with Crippen LogP contribution >= 0.6 is 0 Å². The van der Waals surface area contributed by atoms with E-state index in [-0.39, 0.29) is 10.1 Å². The first kappa shape index (κ1) is 28.4. The molecule has 0 radical (unpaired) electrons. The highest BCUT2D eigenvalue weighted by Gasteiger charge is 2.55. The Hall–Kier alpha value is -0.806. The molecule has 0 aromatic heterocycles. The predicted octanol–water partition coefficient (Wildman–Crippen LogP) is 6.21. The molecule has 0 bridgehead atoms. The molecule has 7 heteroatoms. The maximum Gasteiger partial charge on any atom is 0.192 e. The lowest BCUT2D eigenvalue weighted by Crippen LogP contribution is -2.55. The molecule has 0 unspecified atom stereocenters. The summed E-state index contributed by atoms with van der Waals surface area (Å²) in [5.74, 6) is 0. The molecule has 0 spiro atoms. The van der Waals surface area contributed by atoms with Crippen LogP contribution in [0, 0.1) is 0 Å². The van der Waals surface area contributed by atoms with Crippen molar-refractivity contribution in [1.82, 2.24) is 0 Å². The summed E-state index contributed by atoms with van der Waals surface area (Å²) in [6, 6.07) is 9.94. The zero-order valence-corrected chi connectivity index (χ0v) is 24.5. The molecule has 188 valence electrons. The number of hydrogen-bond acceptors (Lipinski definition) is 5. The molecular weight excluding hydrogens is 448 g/mol. The van der Waals surface area contributed by atoms with Gasteiger partial charge in [-0.05, 0) is 41.8 Å². The minimum absolute atomic E-state index is 0.00899. The van der Waals surface area contributed by atoms with E-state index in [1.54, 1.807) is 13.2 Å². The van der Waals surface area contributed by atoms with Gasteiger partial charge in [-0.25, -0.2) is 0 Å². The van der Waals surface area contributed by atoms with Crippen LogP contribution < -0.4 is 0 Å². The first-order valence-electron chi connectivity index (χ1n) is 12.0. The van der Waals surface area contributed by atoms with Gasteiger partial charge in [0.1, 0.15) is 24.4 Å². The van der Waals surface area contributed by atoms with Gasteiger partial charge in [-0.1, -0.05) is 84.0 Å². The number of ether oxygens (including phenoxy) is 2. The molecule has 2 rings (SSSR count). The van der Waals surface area contributed by atoms with Gasteiger partial charge in [0.15, 0.2) is 22.9 Å². The van der Waals surface area contributed by atoms with Crippen LogP contribution in [0.15, 0.2) is 36.4 Å². The van der Waals surface area contributed by atoms with E-state index in [0.29, 0.717) is 0 Å². The molecule has 33 heavy (non-hydrogen) atoms. The fourth-order valence-corrected chi connectivity index (χ4v) is 5.87. The van der Waals surface area contributed by atoms with E-state index in [1.165, 1.54) is 0 Å². The summed E-state index contributed by atoms with van der Waals surface area (Å²) in [6.45, 7) is 22.2. The van der Waals surface area contributed by atoms with Crippen molar-refractivity contribution in [3.8, 4) is 0 Å². The van der Waals surface area contributed by atoms with Gasteiger partial charge in [0.2, 0.25) is 0 Å². The van der Waals surface area contributed by atoms with E-state index < -0.39 is 47.3 Å². The summed E-state index contributed by atoms with van der Waals surface area (Å²) in [5, 5.41) is 11.2. The summed E-state index contributed by atoms with van der Waals surface area (Å²) in [7, 11) is -2.71. The van der Waals surface area contributed by atoms with Crippen LogP contribution in [0.2, 0.25) is 36.3 Å². The number of hydrogen-bond donors (Lipinski definition) is 1. The Morgan fingerprint density at radius 1 is 0.879 bits per heavy atom. The average Bonchev–Trinajstić information content (AvgIpc) is 3.01. The third kappa shape index (κ3) is 6.87. The van der Waals surface area contributed by atoms with Crippen LogP contribution in [0.25, 0.3) is 6.08 Å². The van der Waals surface area contributed by atoms with Gasteiger partial charge in [-0.2, -0.15) is 0 Å². The molecule has 1 aromatic carbocycles. The van der Waals surface area contributed by atoms with Crippen LogP contribution in [0.5, 0.6) is 0 Å². The minimum Gasteiger partial charge on any atom is -0.408 e. The molecule has 0 saturated carbocycles. The van der Waals surface area contributed by atoms with Crippen LogP contribution in [0.1, 0.15) is 47.1 Å². The molecule has 0 aliphatic carbocycles. The third-order valence-corrected chi connectivity index (χ3v) is 16.5. The Morgan fingerprint density at radius 2 is 1.36 bits per heavy atom. The molecule has 0 amide bonds. The SMILES string of the molecule is CO[C@@H]1O[C@H]([C@H](O)/C=C/c2ccccc2)[C@@H](O[Si](C)(C)C(C)(C)C)[C@H]1O[Si](C)(C)C(C)(C)C. The van der Waals surface area contributed by atoms with Crippen molar-refractivity contribution in [2.45, 2.75) is 109 Å². The highest BCUT2D eigenvalue weighted by Crippen LogP contribution is 2.44. The minimum atomic E-state index is -2.19. The molecule has 1 N–H and O–H groups in total. The largest absolute Gasteiger partial charge is 0.408 e. The molecular formula is C26H46O5Si2. The topological polar surface area (TPSA) is 57.2 Å². The lowest BCUT2D eigenvalue weighted by atomic mass is 10.0. The second-order valence-electron chi connectivity index (χ2n) is 12.2. The summed E-state index contributed by atoms with van der Waals surface area (Å²) in [6.07, 6.45) is 0.823. The second kappa shape index (κ2) is 10.4. The second-order valence-corrected chi connectivity index (χ2v) is 21.7. The van der Waals surface area contributed by atoms with Gasteiger partial charge in [0, 0.05) is 7.11 Å². The van der Waals surface area contributed by atoms with Gasteiger partial charge in [-0.3, -0.25) is 0 Å². The van der Waals surface area contributed by atoms with Crippen molar-refractivity contribution >= 4 is 22.7 Å². The van der Waals surface area contributed by atoms with Crippen molar-refractivity contribution in [2.24, 2.45) is 0 Å². The molecule has 1 aliphatic rings. The van der Waals surface area contributed by atoms with Crippen LogP contribution in [-0.2, 0) is 18.3 Å². The zero-order valence-electron chi connectivity index (χ0n) is 22.5. The van der Waals surface area contributed by atoms with E-state index in [1.807, 2.05) is 36.4 Å². The van der Waals surface area contributed by atoms with Crippen molar-refractivity contribution < 1.29 is 23.4 Å². The Morgan fingerprint density at radius 3 is 1.82 bits per heavy atom. The summed E-state index contributed by atoms with van der Waals surface area (Å²) >= 11 is 0.